The molecule has 3 rings (SSSR count). The number of hydrogen-bond acceptors (Lipinski definition) is 4. The summed E-state index contributed by atoms with van der Waals surface area (Å²) in [7, 11) is 3.33. The molecule has 1 aliphatic carbocycles. The van der Waals surface area contributed by atoms with Crippen LogP contribution in [0.5, 0.6) is 11.5 Å². The highest BCUT2D eigenvalue weighted by atomic mass is 16.5. The van der Waals surface area contributed by atoms with Crippen LogP contribution in [0.3, 0.4) is 0 Å². The number of aliphatic hydroxyl groups excluding tert-OH is 1. The minimum Gasteiger partial charge on any atom is -0.493 e. The smallest absolute Gasteiger partial charge is 0.161 e. The van der Waals surface area contributed by atoms with E-state index in [4.69, 9.17) is 9.47 Å². The minimum atomic E-state index is -0.126. The molecule has 4 nitrogen and oxygen atoms in total. The quantitative estimate of drug-likeness (QED) is 0.840. The summed E-state index contributed by atoms with van der Waals surface area (Å²) in [4.78, 5) is 0. The molecule has 1 fully saturated rings. The molecule has 4 heteroatoms. The van der Waals surface area contributed by atoms with Crippen LogP contribution in [0.25, 0.3) is 11.1 Å². The highest BCUT2D eigenvalue weighted by Crippen LogP contribution is 2.36. The Morgan fingerprint density at radius 2 is 1.60 bits per heavy atom. The van der Waals surface area contributed by atoms with Crippen molar-refractivity contribution in [2.45, 2.75) is 44.4 Å². The highest BCUT2D eigenvalue weighted by molar-refractivity contribution is 5.71. The summed E-state index contributed by atoms with van der Waals surface area (Å²) in [5, 5.41) is 13.3. The standard InChI is InChI=1S/C21H27NO3/c1-24-20-12-16(14-22-17-8-10-18(23)11-9-17)19(13-21(20)25-2)15-6-4-3-5-7-15/h3-7,12-13,17-18,22-23H,8-11,14H2,1-2H3. The molecular weight excluding hydrogens is 314 g/mol. The van der Waals surface area contributed by atoms with E-state index >= 15 is 0 Å². The fourth-order valence-electron chi connectivity index (χ4n) is 3.49. The van der Waals surface area contributed by atoms with Gasteiger partial charge in [0, 0.05) is 12.6 Å². The first-order valence-corrected chi connectivity index (χ1v) is 8.93. The van der Waals surface area contributed by atoms with Gasteiger partial charge in [0.25, 0.3) is 0 Å². The largest absolute Gasteiger partial charge is 0.493 e. The third-order valence-corrected chi connectivity index (χ3v) is 4.97. The van der Waals surface area contributed by atoms with E-state index in [1.807, 2.05) is 18.2 Å². The summed E-state index contributed by atoms with van der Waals surface area (Å²) >= 11 is 0. The average molecular weight is 341 g/mol. The zero-order valence-corrected chi connectivity index (χ0v) is 15.0. The Kier molecular flexibility index (Phi) is 5.95. The Morgan fingerprint density at radius 1 is 0.960 bits per heavy atom. The molecule has 0 unspecified atom stereocenters. The predicted octanol–water partition coefficient (Wildman–Crippen LogP) is 3.76. The van der Waals surface area contributed by atoms with Gasteiger partial charge in [0.1, 0.15) is 0 Å². The van der Waals surface area contributed by atoms with Gasteiger partial charge in [-0.05, 0) is 54.5 Å². The highest BCUT2D eigenvalue weighted by Gasteiger charge is 2.20. The van der Waals surface area contributed by atoms with Crippen LogP contribution in [-0.4, -0.2) is 31.5 Å². The van der Waals surface area contributed by atoms with Crippen LogP contribution >= 0.6 is 0 Å². The molecule has 2 aromatic rings. The SMILES string of the molecule is COc1cc(CNC2CCC(O)CC2)c(-c2ccccc2)cc1OC. The second-order valence-electron chi connectivity index (χ2n) is 6.62. The van der Waals surface area contributed by atoms with E-state index in [0.29, 0.717) is 6.04 Å². The van der Waals surface area contributed by atoms with Crippen molar-refractivity contribution in [3.8, 4) is 22.6 Å². The maximum Gasteiger partial charge on any atom is 0.161 e. The molecule has 0 atom stereocenters. The number of ether oxygens (including phenoxy) is 2. The monoisotopic (exact) mass is 341 g/mol. The molecular formula is C21H27NO3. The molecule has 0 saturated heterocycles. The summed E-state index contributed by atoms with van der Waals surface area (Å²) in [6.07, 6.45) is 3.69. The normalized spacial score (nSPS) is 20.3. The zero-order chi connectivity index (χ0) is 17.6. The number of benzene rings is 2. The maximum absolute atomic E-state index is 9.67. The second kappa shape index (κ2) is 8.37. The first kappa shape index (κ1) is 17.8. The summed E-state index contributed by atoms with van der Waals surface area (Å²) in [6.45, 7) is 0.769. The number of methoxy groups -OCH3 is 2. The first-order chi connectivity index (χ1) is 12.2. The molecule has 1 aliphatic rings. The van der Waals surface area contributed by atoms with E-state index in [1.165, 1.54) is 11.1 Å². The molecule has 0 aliphatic heterocycles. The predicted molar refractivity (Wildman–Crippen MR) is 100 cm³/mol. The third kappa shape index (κ3) is 4.33. The van der Waals surface area contributed by atoms with Gasteiger partial charge in [0.15, 0.2) is 11.5 Å². The van der Waals surface area contributed by atoms with Gasteiger partial charge in [0.2, 0.25) is 0 Å². The number of rotatable bonds is 6. The van der Waals surface area contributed by atoms with Crippen molar-refractivity contribution in [1.29, 1.82) is 0 Å². The van der Waals surface area contributed by atoms with Crippen LogP contribution in [0.15, 0.2) is 42.5 Å². The molecule has 0 aromatic heterocycles. The lowest BCUT2D eigenvalue weighted by atomic mass is 9.92. The Bertz CT molecular complexity index is 679. The van der Waals surface area contributed by atoms with Crippen LogP contribution in [0.4, 0.5) is 0 Å². The van der Waals surface area contributed by atoms with Crippen molar-refractivity contribution in [2.75, 3.05) is 14.2 Å². The molecule has 0 amide bonds. The van der Waals surface area contributed by atoms with Crippen molar-refractivity contribution in [1.82, 2.24) is 5.32 Å². The zero-order valence-electron chi connectivity index (χ0n) is 15.0. The molecule has 0 radical (unpaired) electrons. The molecule has 0 spiro atoms. The number of nitrogens with one attached hydrogen (secondary N) is 1. The molecule has 0 heterocycles. The van der Waals surface area contributed by atoms with Crippen molar-refractivity contribution in [2.24, 2.45) is 0 Å². The summed E-state index contributed by atoms with van der Waals surface area (Å²) in [5.74, 6) is 1.49. The van der Waals surface area contributed by atoms with E-state index in [0.717, 1.165) is 49.3 Å². The fraction of sp³-hybridized carbons (Fsp3) is 0.429. The average Bonchev–Trinajstić information content (AvgIpc) is 2.67. The molecule has 134 valence electrons. The van der Waals surface area contributed by atoms with Crippen LogP contribution < -0.4 is 14.8 Å². The molecule has 1 saturated carbocycles. The third-order valence-electron chi connectivity index (χ3n) is 4.97. The van der Waals surface area contributed by atoms with E-state index in [2.05, 4.69) is 29.6 Å². The van der Waals surface area contributed by atoms with Gasteiger partial charge in [-0.3, -0.25) is 0 Å². The molecule has 25 heavy (non-hydrogen) atoms. The second-order valence-corrected chi connectivity index (χ2v) is 6.62. The topological polar surface area (TPSA) is 50.7 Å². The maximum atomic E-state index is 9.67. The van der Waals surface area contributed by atoms with Gasteiger partial charge < -0.3 is 19.9 Å². The van der Waals surface area contributed by atoms with E-state index in [-0.39, 0.29) is 6.10 Å². The minimum absolute atomic E-state index is 0.126. The van der Waals surface area contributed by atoms with Crippen molar-refractivity contribution >= 4 is 0 Å². The van der Waals surface area contributed by atoms with Crippen LogP contribution in [0.2, 0.25) is 0 Å². The van der Waals surface area contributed by atoms with Crippen LogP contribution in [0.1, 0.15) is 31.2 Å². The Morgan fingerprint density at radius 3 is 2.24 bits per heavy atom. The Balaban J connectivity index is 1.85. The van der Waals surface area contributed by atoms with Gasteiger partial charge in [-0.1, -0.05) is 30.3 Å². The van der Waals surface area contributed by atoms with Gasteiger partial charge in [-0.15, -0.1) is 0 Å². The lowest BCUT2D eigenvalue weighted by Gasteiger charge is -2.27. The lowest BCUT2D eigenvalue weighted by molar-refractivity contribution is 0.116. The molecule has 0 bridgehead atoms. The lowest BCUT2D eigenvalue weighted by Crippen LogP contribution is -2.34. The number of hydrogen-bond donors (Lipinski definition) is 2. The summed E-state index contributed by atoms with van der Waals surface area (Å²) in [5.41, 5.74) is 3.51. The number of aliphatic hydroxyl groups is 1. The van der Waals surface area contributed by atoms with Crippen LogP contribution in [-0.2, 0) is 6.54 Å². The molecule has 2 N–H and O–H groups in total. The Hall–Kier alpha value is -2.04. The van der Waals surface area contributed by atoms with Crippen molar-refractivity contribution in [3.05, 3.63) is 48.0 Å². The van der Waals surface area contributed by atoms with Gasteiger partial charge in [-0.25, -0.2) is 0 Å². The van der Waals surface area contributed by atoms with Crippen molar-refractivity contribution < 1.29 is 14.6 Å². The molecule has 2 aromatic carbocycles. The summed E-state index contributed by atoms with van der Waals surface area (Å²) in [6, 6.07) is 14.9. The van der Waals surface area contributed by atoms with Crippen molar-refractivity contribution in [3.63, 3.8) is 0 Å². The fourth-order valence-corrected chi connectivity index (χ4v) is 3.49. The van der Waals surface area contributed by atoms with Gasteiger partial charge in [0.05, 0.1) is 20.3 Å². The first-order valence-electron chi connectivity index (χ1n) is 8.93. The van der Waals surface area contributed by atoms with E-state index in [9.17, 15) is 5.11 Å². The van der Waals surface area contributed by atoms with E-state index in [1.54, 1.807) is 14.2 Å². The van der Waals surface area contributed by atoms with Crippen LogP contribution in [0, 0.1) is 0 Å². The van der Waals surface area contributed by atoms with E-state index < -0.39 is 0 Å². The Labute approximate surface area is 149 Å². The summed E-state index contributed by atoms with van der Waals surface area (Å²) < 4.78 is 11.0. The van der Waals surface area contributed by atoms with Gasteiger partial charge in [-0.2, -0.15) is 0 Å². The van der Waals surface area contributed by atoms with Gasteiger partial charge >= 0.3 is 0 Å².